The fourth-order valence-corrected chi connectivity index (χ4v) is 2.04. The Kier molecular flexibility index (Phi) is 3.39. The minimum atomic E-state index is -0.280. The van der Waals surface area contributed by atoms with Crippen molar-refractivity contribution in [2.24, 2.45) is 0 Å². The van der Waals surface area contributed by atoms with Crippen molar-refractivity contribution in [1.29, 1.82) is 0 Å². The lowest BCUT2D eigenvalue weighted by atomic mass is 10.1. The van der Waals surface area contributed by atoms with E-state index < -0.39 is 0 Å². The van der Waals surface area contributed by atoms with Crippen molar-refractivity contribution in [2.45, 2.75) is 13.3 Å². The summed E-state index contributed by atoms with van der Waals surface area (Å²) in [5.74, 6) is 0.570. The van der Waals surface area contributed by atoms with Gasteiger partial charge >= 0.3 is 0 Å². The second kappa shape index (κ2) is 5.36. The molecule has 1 aromatic heterocycles. The van der Waals surface area contributed by atoms with Gasteiger partial charge < -0.3 is 9.63 Å². The van der Waals surface area contributed by atoms with Crippen molar-refractivity contribution in [3.05, 3.63) is 65.2 Å². The number of hydrogen-bond acceptors (Lipinski definition) is 4. The van der Waals surface area contributed by atoms with Crippen molar-refractivity contribution in [2.75, 3.05) is 0 Å². The van der Waals surface area contributed by atoms with Crippen molar-refractivity contribution < 1.29 is 14.0 Å². The summed E-state index contributed by atoms with van der Waals surface area (Å²) in [5.41, 5.74) is 2.38. The molecule has 0 saturated carbocycles. The van der Waals surface area contributed by atoms with E-state index in [4.69, 9.17) is 4.52 Å². The normalized spacial score (nSPS) is 10.8. The quantitative estimate of drug-likeness (QED) is 0.800. The molecule has 0 bridgehead atoms. The molecular weight excluding hydrogens is 271 g/mol. The van der Waals surface area contributed by atoms with Gasteiger partial charge in [-0.3, -0.25) is 0 Å². The molecule has 0 unspecified atom stereocenters. The standard InChI is InChI=1S/C16H13FN2O2/c1-10-2-7-14(20)13(8-10)16-18-15(19-21-16)9-11-3-5-12(17)6-4-11/h2-8,20H,9H2,1H3. The lowest BCUT2D eigenvalue weighted by Gasteiger charge is -2.00. The number of aryl methyl sites for hydroxylation is 1. The van der Waals surface area contributed by atoms with Crippen LogP contribution >= 0.6 is 0 Å². The largest absolute Gasteiger partial charge is 0.507 e. The topological polar surface area (TPSA) is 59.2 Å². The van der Waals surface area contributed by atoms with Gasteiger partial charge in [0.25, 0.3) is 5.89 Å². The van der Waals surface area contributed by atoms with Crippen LogP contribution in [-0.4, -0.2) is 15.2 Å². The average molecular weight is 284 g/mol. The molecule has 106 valence electrons. The summed E-state index contributed by atoms with van der Waals surface area (Å²) in [6.07, 6.45) is 0.441. The first-order valence-corrected chi connectivity index (χ1v) is 6.49. The van der Waals surface area contributed by atoms with E-state index in [0.717, 1.165) is 11.1 Å². The molecule has 2 aromatic carbocycles. The van der Waals surface area contributed by atoms with Gasteiger partial charge in [0.1, 0.15) is 11.6 Å². The summed E-state index contributed by atoms with van der Waals surface area (Å²) >= 11 is 0. The van der Waals surface area contributed by atoms with Gasteiger partial charge in [-0.1, -0.05) is 28.9 Å². The molecule has 0 aliphatic heterocycles. The van der Waals surface area contributed by atoms with E-state index in [2.05, 4.69) is 10.1 Å². The van der Waals surface area contributed by atoms with E-state index in [9.17, 15) is 9.50 Å². The number of hydrogen-bond donors (Lipinski definition) is 1. The first-order chi connectivity index (χ1) is 10.1. The Hall–Kier alpha value is -2.69. The van der Waals surface area contributed by atoms with Crippen LogP contribution in [0.15, 0.2) is 47.0 Å². The second-order valence-corrected chi connectivity index (χ2v) is 4.84. The van der Waals surface area contributed by atoms with Gasteiger partial charge in [0.2, 0.25) is 0 Å². The zero-order valence-electron chi connectivity index (χ0n) is 11.4. The molecule has 0 amide bonds. The minimum Gasteiger partial charge on any atom is -0.507 e. The van der Waals surface area contributed by atoms with Gasteiger partial charge in [-0.25, -0.2) is 4.39 Å². The van der Waals surface area contributed by atoms with Gasteiger partial charge in [-0.05, 0) is 36.8 Å². The molecule has 0 aliphatic carbocycles. The Morgan fingerprint density at radius 1 is 1.14 bits per heavy atom. The predicted octanol–water partition coefficient (Wildman–Crippen LogP) is 3.48. The summed E-state index contributed by atoms with van der Waals surface area (Å²) in [6, 6.07) is 11.3. The van der Waals surface area contributed by atoms with Crippen LogP contribution in [0.5, 0.6) is 5.75 Å². The smallest absolute Gasteiger partial charge is 0.261 e. The Bertz CT molecular complexity index is 766. The highest BCUT2D eigenvalue weighted by molar-refractivity contribution is 5.63. The molecule has 0 saturated heterocycles. The molecule has 0 aliphatic rings. The highest BCUT2D eigenvalue weighted by Gasteiger charge is 2.13. The first-order valence-electron chi connectivity index (χ1n) is 6.49. The van der Waals surface area contributed by atoms with E-state index in [1.807, 2.05) is 6.92 Å². The van der Waals surface area contributed by atoms with Crippen molar-refractivity contribution in [1.82, 2.24) is 10.1 Å². The fourth-order valence-electron chi connectivity index (χ4n) is 2.04. The third kappa shape index (κ3) is 2.91. The second-order valence-electron chi connectivity index (χ2n) is 4.84. The van der Waals surface area contributed by atoms with E-state index >= 15 is 0 Å². The number of nitrogens with zero attached hydrogens (tertiary/aromatic N) is 2. The Labute approximate surface area is 120 Å². The summed E-state index contributed by atoms with van der Waals surface area (Å²) in [5, 5.41) is 13.7. The van der Waals surface area contributed by atoms with E-state index in [0.29, 0.717) is 17.8 Å². The monoisotopic (exact) mass is 284 g/mol. The number of benzene rings is 2. The highest BCUT2D eigenvalue weighted by atomic mass is 19.1. The number of aromatic hydroxyl groups is 1. The molecule has 1 N–H and O–H groups in total. The SMILES string of the molecule is Cc1ccc(O)c(-c2nc(Cc3ccc(F)cc3)no2)c1. The average Bonchev–Trinajstić information content (AvgIpc) is 2.92. The third-order valence-electron chi connectivity index (χ3n) is 3.13. The molecule has 0 spiro atoms. The molecular formula is C16H13FN2O2. The fraction of sp³-hybridized carbons (Fsp3) is 0.125. The van der Waals surface area contributed by atoms with Crippen LogP contribution < -0.4 is 0 Å². The van der Waals surface area contributed by atoms with Gasteiger partial charge in [-0.2, -0.15) is 4.98 Å². The third-order valence-corrected chi connectivity index (χ3v) is 3.13. The van der Waals surface area contributed by atoms with E-state index in [-0.39, 0.29) is 17.5 Å². The van der Waals surface area contributed by atoms with Gasteiger partial charge in [-0.15, -0.1) is 0 Å². The zero-order valence-corrected chi connectivity index (χ0v) is 11.4. The number of phenolic OH excluding ortho intramolecular Hbond substituents is 1. The van der Waals surface area contributed by atoms with Crippen molar-refractivity contribution >= 4 is 0 Å². The van der Waals surface area contributed by atoms with Crippen molar-refractivity contribution in [3.63, 3.8) is 0 Å². The molecule has 1 heterocycles. The molecule has 0 fully saturated rings. The van der Waals surface area contributed by atoms with Crippen LogP contribution in [0.4, 0.5) is 4.39 Å². The predicted molar refractivity (Wildman–Crippen MR) is 75.3 cm³/mol. The minimum absolute atomic E-state index is 0.0950. The van der Waals surface area contributed by atoms with E-state index in [1.165, 1.54) is 12.1 Å². The lowest BCUT2D eigenvalue weighted by molar-refractivity contribution is 0.418. The summed E-state index contributed by atoms with van der Waals surface area (Å²) < 4.78 is 18.0. The maximum Gasteiger partial charge on any atom is 0.261 e. The maximum atomic E-state index is 12.9. The lowest BCUT2D eigenvalue weighted by Crippen LogP contribution is -1.91. The Morgan fingerprint density at radius 3 is 2.67 bits per heavy atom. The van der Waals surface area contributed by atoms with E-state index in [1.54, 1.807) is 30.3 Å². The zero-order chi connectivity index (χ0) is 14.8. The number of rotatable bonds is 3. The van der Waals surface area contributed by atoms with Crippen LogP contribution in [0, 0.1) is 12.7 Å². The molecule has 21 heavy (non-hydrogen) atoms. The summed E-state index contributed by atoms with van der Waals surface area (Å²) in [7, 11) is 0. The van der Waals surface area contributed by atoms with Crippen LogP contribution in [-0.2, 0) is 6.42 Å². The van der Waals surface area contributed by atoms with Crippen molar-refractivity contribution in [3.8, 4) is 17.2 Å². The molecule has 0 radical (unpaired) electrons. The molecule has 3 rings (SSSR count). The summed E-state index contributed by atoms with van der Waals surface area (Å²) in [6.45, 7) is 1.92. The van der Waals surface area contributed by atoms with Gasteiger partial charge in [0, 0.05) is 6.42 Å². The van der Waals surface area contributed by atoms with Crippen LogP contribution in [0.3, 0.4) is 0 Å². The number of halogens is 1. The molecule has 0 atom stereocenters. The van der Waals surface area contributed by atoms with Crippen LogP contribution in [0.25, 0.3) is 11.5 Å². The molecule has 3 aromatic rings. The molecule has 5 heteroatoms. The first kappa shape index (κ1) is 13.3. The maximum absolute atomic E-state index is 12.9. The Morgan fingerprint density at radius 2 is 1.90 bits per heavy atom. The van der Waals surface area contributed by atoms with Gasteiger partial charge in [0.15, 0.2) is 5.82 Å². The number of aromatic nitrogens is 2. The number of phenols is 1. The van der Waals surface area contributed by atoms with Gasteiger partial charge in [0.05, 0.1) is 5.56 Å². The van der Waals surface area contributed by atoms with Crippen LogP contribution in [0.2, 0.25) is 0 Å². The Balaban J connectivity index is 1.86. The molecule has 4 nitrogen and oxygen atoms in total. The highest BCUT2D eigenvalue weighted by Crippen LogP contribution is 2.28. The summed E-state index contributed by atoms with van der Waals surface area (Å²) in [4.78, 5) is 4.27. The van der Waals surface area contributed by atoms with Crippen LogP contribution in [0.1, 0.15) is 17.0 Å².